The number of benzene rings is 1. The third-order valence-corrected chi connectivity index (χ3v) is 4.05. The van der Waals surface area contributed by atoms with Crippen molar-refractivity contribution < 1.29 is 0 Å². The van der Waals surface area contributed by atoms with Crippen LogP contribution in [0.3, 0.4) is 0 Å². The fourth-order valence-corrected chi connectivity index (χ4v) is 2.34. The zero-order valence-electron chi connectivity index (χ0n) is 8.16. The summed E-state index contributed by atoms with van der Waals surface area (Å²) >= 11 is 4.54. The van der Waals surface area contributed by atoms with Crippen LogP contribution in [0.15, 0.2) is 29.2 Å². The zero-order chi connectivity index (χ0) is 9.68. The van der Waals surface area contributed by atoms with Crippen LogP contribution < -0.4 is 0 Å². The molecule has 0 amide bonds. The Bertz CT molecular complexity index is 241. The summed E-state index contributed by atoms with van der Waals surface area (Å²) in [6.07, 6.45) is 0. The van der Waals surface area contributed by atoms with Crippen LogP contribution in [-0.2, 0) is 0 Å². The van der Waals surface area contributed by atoms with Gasteiger partial charge in [-0.25, -0.2) is 0 Å². The molecule has 13 heavy (non-hydrogen) atoms. The molecule has 0 spiro atoms. The van der Waals surface area contributed by atoms with Gasteiger partial charge in [0.2, 0.25) is 0 Å². The summed E-state index contributed by atoms with van der Waals surface area (Å²) in [5, 5.41) is 1.18. The molecule has 72 valence electrons. The van der Waals surface area contributed by atoms with Crippen LogP contribution in [0.4, 0.5) is 0 Å². The van der Waals surface area contributed by atoms with Crippen molar-refractivity contribution in [2.24, 2.45) is 0 Å². The third kappa shape index (κ3) is 3.76. The predicted molar refractivity (Wildman–Crippen MR) is 63.2 cm³/mol. The van der Waals surface area contributed by atoms with Gasteiger partial charge in [-0.1, -0.05) is 0 Å². The normalized spacial score (nSPS) is 10.8. The van der Waals surface area contributed by atoms with Crippen molar-refractivity contribution in [3.8, 4) is 0 Å². The van der Waals surface area contributed by atoms with E-state index in [1.807, 2.05) is 11.8 Å². The first-order chi connectivity index (χ1) is 6.24. The van der Waals surface area contributed by atoms with E-state index in [0.29, 0.717) is 5.92 Å². The van der Waals surface area contributed by atoms with E-state index in [1.165, 1.54) is 21.5 Å². The van der Waals surface area contributed by atoms with Gasteiger partial charge in [-0.3, -0.25) is 0 Å². The van der Waals surface area contributed by atoms with Crippen LogP contribution >= 0.6 is 11.8 Å². The second kappa shape index (κ2) is 5.74. The summed E-state index contributed by atoms with van der Waals surface area (Å²) < 4.78 is 0. The Morgan fingerprint density at radius 2 is 1.85 bits per heavy atom. The zero-order valence-corrected chi connectivity index (χ0v) is 10.8. The van der Waals surface area contributed by atoms with Crippen molar-refractivity contribution in [3.05, 3.63) is 29.8 Å². The first kappa shape index (κ1) is 11.2. The Labute approximate surface area is 93.3 Å². The van der Waals surface area contributed by atoms with Crippen molar-refractivity contribution in [2.75, 3.05) is 5.75 Å². The molecule has 0 saturated carbocycles. The second-order valence-electron chi connectivity index (χ2n) is 3.30. The van der Waals surface area contributed by atoms with Crippen molar-refractivity contribution in [1.29, 1.82) is 0 Å². The molecule has 0 aliphatic heterocycles. The molecule has 0 fully saturated rings. The van der Waals surface area contributed by atoms with E-state index < -0.39 is 0 Å². The first-order valence-electron chi connectivity index (χ1n) is 4.57. The van der Waals surface area contributed by atoms with Gasteiger partial charge in [0, 0.05) is 0 Å². The molecule has 0 aliphatic rings. The monoisotopic (exact) mass is 260 g/mol. The van der Waals surface area contributed by atoms with E-state index in [1.54, 1.807) is 0 Å². The summed E-state index contributed by atoms with van der Waals surface area (Å²) in [6, 6.07) is 8.92. The summed E-state index contributed by atoms with van der Waals surface area (Å²) in [7, 11) is 0. The van der Waals surface area contributed by atoms with Crippen molar-refractivity contribution in [3.63, 3.8) is 0 Å². The van der Waals surface area contributed by atoms with Crippen LogP contribution in [0.25, 0.3) is 0 Å². The maximum atomic E-state index is 2.62. The van der Waals surface area contributed by atoms with E-state index >= 15 is 0 Å². The molecular weight excluding hydrogens is 243 g/mol. The summed E-state index contributed by atoms with van der Waals surface area (Å²) in [6.45, 7) is 4.46. The third-order valence-electron chi connectivity index (χ3n) is 1.91. The SMILES string of the molecule is CC(C)c1ccc(SCC[SeH])cc1. The van der Waals surface area contributed by atoms with Gasteiger partial charge in [0.15, 0.2) is 0 Å². The van der Waals surface area contributed by atoms with Gasteiger partial charge < -0.3 is 0 Å². The predicted octanol–water partition coefficient (Wildman–Crippen LogP) is 3.22. The molecule has 1 aromatic carbocycles. The van der Waals surface area contributed by atoms with Gasteiger partial charge in [0.05, 0.1) is 0 Å². The number of thioether (sulfide) groups is 1. The molecule has 2 heteroatoms. The second-order valence-corrected chi connectivity index (χ2v) is 5.40. The average Bonchev–Trinajstić information content (AvgIpc) is 2.15. The molecule has 0 aliphatic carbocycles. The molecule has 0 atom stereocenters. The molecule has 1 aromatic rings. The van der Waals surface area contributed by atoms with Gasteiger partial charge in [0.1, 0.15) is 0 Å². The van der Waals surface area contributed by atoms with E-state index in [9.17, 15) is 0 Å². The minimum absolute atomic E-state index is 0.641. The summed E-state index contributed by atoms with van der Waals surface area (Å²) in [5.74, 6) is 1.84. The standard InChI is InChI=1S/C11H16SSe/c1-9(2)10-3-5-11(6-4-10)12-7-8-13/h3-6,9,13H,7-8H2,1-2H3. The van der Waals surface area contributed by atoms with Gasteiger partial charge >= 0.3 is 93.3 Å². The van der Waals surface area contributed by atoms with Crippen molar-refractivity contribution in [2.45, 2.75) is 30.0 Å². The first-order valence-corrected chi connectivity index (χ1v) is 6.89. The Morgan fingerprint density at radius 1 is 1.23 bits per heavy atom. The van der Waals surface area contributed by atoms with Crippen LogP contribution in [0.1, 0.15) is 25.3 Å². The number of hydrogen-bond donors (Lipinski definition) is 0. The van der Waals surface area contributed by atoms with Gasteiger partial charge in [-0.2, -0.15) is 0 Å². The fraction of sp³-hybridized carbons (Fsp3) is 0.455. The van der Waals surface area contributed by atoms with Crippen molar-refractivity contribution in [1.82, 2.24) is 0 Å². The Hall–Kier alpha value is 0.0895. The molecule has 0 saturated heterocycles. The van der Waals surface area contributed by atoms with Gasteiger partial charge in [-0.15, -0.1) is 0 Å². The average molecular weight is 259 g/mol. The molecule has 1 rings (SSSR count). The van der Waals surface area contributed by atoms with Crippen LogP contribution in [0, 0.1) is 0 Å². The summed E-state index contributed by atoms with van der Waals surface area (Å²) in [5.41, 5.74) is 1.43. The van der Waals surface area contributed by atoms with E-state index in [-0.39, 0.29) is 0 Å². The Morgan fingerprint density at radius 3 is 2.31 bits per heavy atom. The summed E-state index contributed by atoms with van der Waals surface area (Å²) in [4.78, 5) is 1.38. The molecule has 0 aromatic heterocycles. The fourth-order valence-electron chi connectivity index (χ4n) is 1.11. The van der Waals surface area contributed by atoms with Crippen LogP contribution in [0.5, 0.6) is 0 Å². The van der Waals surface area contributed by atoms with Gasteiger partial charge in [-0.05, 0) is 0 Å². The number of hydrogen-bond acceptors (Lipinski definition) is 1. The molecule has 0 unspecified atom stereocenters. The topological polar surface area (TPSA) is 0 Å². The van der Waals surface area contributed by atoms with E-state index in [2.05, 4.69) is 54.1 Å². The Balaban J connectivity index is 2.59. The van der Waals surface area contributed by atoms with Crippen LogP contribution in [-0.4, -0.2) is 21.8 Å². The molecule has 0 heterocycles. The molecule has 0 bridgehead atoms. The van der Waals surface area contributed by atoms with E-state index in [4.69, 9.17) is 0 Å². The minimum atomic E-state index is 0.641. The molecule has 0 N–H and O–H groups in total. The molecule has 0 radical (unpaired) electrons. The van der Waals surface area contributed by atoms with Crippen molar-refractivity contribution >= 4 is 27.8 Å². The van der Waals surface area contributed by atoms with E-state index in [0.717, 1.165) is 0 Å². The molecule has 0 nitrogen and oxygen atoms in total. The van der Waals surface area contributed by atoms with Gasteiger partial charge in [0.25, 0.3) is 0 Å². The van der Waals surface area contributed by atoms with Crippen LogP contribution in [0.2, 0.25) is 5.32 Å². The molecular formula is C11H16SSe. The maximum absolute atomic E-state index is 2.62. The Kier molecular flexibility index (Phi) is 4.93. The number of rotatable bonds is 4. The quantitative estimate of drug-likeness (QED) is 0.591.